The number of ether oxygens (including phenoxy) is 4. The van der Waals surface area contributed by atoms with E-state index in [0.29, 0.717) is 31.6 Å². The van der Waals surface area contributed by atoms with Gasteiger partial charge < -0.3 is 33.8 Å². The van der Waals surface area contributed by atoms with Crippen LogP contribution in [0, 0.1) is 5.92 Å². The van der Waals surface area contributed by atoms with Crippen LogP contribution in [0.4, 0.5) is 0 Å². The molecule has 2 unspecified atom stereocenters. The van der Waals surface area contributed by atoms with Crippen LogP contribution < -0.4 is 0 Å². The van der Waals surface area contributed by atoms with Gasteiger partial charge in [0.25, 0.3) is 0 Å². The van der Waals surface area contributed by atoms with E-state index < -0.39 is 97.5 Å². The fourth-order valence-electron chi connectivity index (χ4n) is 9.94. The fraction of sp³-hybridized carbons (Fsp3) is 0.939. The Morgan fingerprint density at radius 3 is 0.800 bits per heavy atom. The van der Waals surface area contributed by atoms with Gasteiger partial charge in [-0.15, -0.1) is 0 Å². The van der Waals surface area contributed by atoms with Gasteiger partial charge in [0, 0.05) is 25.7 Å². The maximum Gasteiger partial charge on any atom is 0.472 e. The number of aliphatic hydroxyl groups excluding tert-OH is 1. The summed E-state index contributed by atoms with van der Waals surface area (Å²) in [5, 5.41) is 10.5. The van der Waals surface area contributed by atoms with Gasteiger partial charge in [0.2, 0.25) is 0 Å². The van der Waals surface area contributed by atoms with E-state index >= 15 is 0 Å². The number of rotatable bonds is 66. The molecule has 0 spiro atoms. The normalized spacial score (nSPS) is 14.2. The Hall–Kier alpha value is -1.94. The summed E-state index contributed by atoms with van der Waals surface area (Å²) in [6.07, 6.45) is 44.9. The largest absolute Gasteiger partial charge is 0.472 e. The molecule has 0 aromatic heterocycles. The van der Waals surface area contributed by atoms with Gasteiger partial charge in [-0.05, 0) is 31.6 Å². The molecule has 0 fully saturated rings. The molecule has 0 saturated heterocycles. The van der Waals surface area contributed by atoms with Crippen LogP contribution >= 0.6 is 15.6 Å². The van der Waals surface area contributed by atoms with Crippen LogP contribution in [0.15, 0.2) is 0 Å². The Morgan fingerprint density at radius 2 is 0.541 bits per heavy atom. The lowest BCUT2D eigenvalue weighted by atomic mass is 10.0. The topological polar surface area (TPSA) is 237 Å². The third-order valence-corrected chi connectivity index (χ3v) is 17.2. The average molecular weight is 1260 g/mol. The van der Waals surface area contributed by atoms with E-state index in [0.717, 1.165) is 109 Å². The highest BCUT2D eigenvalue weighted by Gasteiger charge is 2.30. The Kier molecular flexibility index (Phi) is 58.3. The van der Waals surface area contributed by atoms with Crippen LogP contribution in [0.2, 0.25) is 0 Å². The lowest BCUT2D eigenvalue weighted by Crippen LogP contribution is -2.30. The molecule has 0 rings (SSSR count). The van der Waals surface area contributed by atoms with Crippen LogP contribution in [0.1, 0.15) is 336 Å². The predicted molar refractivity (Wildman–Crippen MR) is 340 cm³/mol. The van der Waals surface area contributed by atoms with Crippen LogP contribution in [0.3, 0.4) is 0 Å². The van der Waals surface area contributed by atoms with Crippen LogP contribution in [-0.4, -0.2) is 96.7 Å². The zero-order chi connectivity index (χ0) is 62.8. The Morgan fingerprint density at radius 1 is 0.318 bits per heavy atom. The van der Waals surface area contributed by atoms with Crippen LogP contribution in [0.25, 0.3) is 0 Å². The predicted octanol–water partition coefficient (Wildman–Crippen LogP) is 18.6. The van der Waals surface area contributed by atoms with E-state index in [2.05, 4.69) is 34.6 Å². The zero-order valence-electron chi connectivity index (χ0n) is 54.7. The number of aliphatic hydroxyl groups is 1. The van der Waals surface area contributed by atoms with E-state index in [9.17, 15) is 43.2 Å². The van der Waals surface area contributed by atoms with Crippen molar-refractivity contribution in [2.75, 3.05) is 39.6 Å². The number of carbonyl (C=O) groups is 4. The average Bonchev–Trinajstić information content (AvgIpc) is 3.55. The van der Waals surface area contributed by atoms with E-state index in [1.807, 2.05) is 0 Å². The minimum atomic E-state index is -4.94. The summed E-state index contributed by atoms with van der Waals surface area (Å²) in [6.45, 7) is 7.07. The lowest BCUT2D eigenvalue weighted by molar-refractivity contribution is -0.161. The summed E-state index contributed by atoms with van der Waals surface area (Å²) in [6, 6.07) is 0. The number of hydrogen-bond donors (Lipinski definition) is 3. The van der Waals surface area contributed by atoms with Gasteiger partial charge in [0.05, 0.1) is 26.4 Å². The Bertz CT molecular complexity index is 1650. The van der Waals surface area contributed by atoms with Gasteiger partial charge in [-0.1, -0.05) is 285 Å². The van der Waals surface area contributed by atoms with Crippen molar-refractivity contribution >= 4 is 39.5 Å². The number of esters is 4. The van der Waals surface area contributed by atoms with Crippen LogP contribution in [0.5, 0.6) is 0 Å². The standard InChI is InChI=1S/C66H128O17P2/c1-6-9-12-15-18-21-22-23-24-25-26-27-28-29-30-31-32-35-42-47-52-66(71)83-62(56-77-64(69)50-45-40-37-36-38-43-48-59(4)5)58-81-85(74,75)79-54-60(67)53-78-84(72,73)80-57-61(82-65(70)51-46-41-34-20-17-14-11-8-3)55-76-63(68)49-44-39-33-19-16-13-10-7-2/h59-62,67H,6-58H2,1-5H3,(H,72,73)(H,74,75)/t60-,61+,62+/m0/s1. The SMILES string of the molecule is CCCCCCCCCCCCCCCCCCCCCCC(=O)O[C@H](COC(=O)CCCCCCCCC(C)C)COP(=O)(O)OC[C@@H](O)COP(=O)(O)OC[C@@H](COC(=O)CCCCCCCCCC)OC(=O)CCCCCCCCCC. The molecule has 504 valence electrons. The molecule has 0 aliphatic heterocycles. The molecule has 0 amide bonds. The first-order valence-electron chi connectivity index (χ1n) is 34.6. The van der Waals surface area contributed by atoms with Crippen molar-refractivity contribution in [1.29, 1.82) is 0 Å². The lowest BCUT2D eigenvalue weighted by Gasteiger charge is -2.21. The molecular formula is C66H128O17P2. The maximum absolute atomic E-state index is 13.0. The molecule has 0 saturated carbocycles. The molecule has 19 heteroatoms. The summed E-state index contributed by atoms with van der Waals surface area (Å²) in [5.74, 6) is -1.46. The maximum atomic E-state index is 13.0. The van der Waals surface area contributed by atoms with Gasteiger partial charge in [-0.2, -0.15) is 0 Å². The number of unbranched alkanes of at least 4 members (excludes halogenated alkanes) is 38. The molecule has 0 radical (unpaired) electrons. The second kappa shape index (κ2) is 59.7. The van der Waals surface area contributed by atoms with E-state index in [1.54, 1.807) is 0 Å². The second-order valence-electron chi connectivity index (χ2n) is 24.3. The summed E-state index contributed by atoms with van der Waals surface area (Å²) < 4.78 is 67.9. The van der Waals surface area contributed by atoms with E-state index in [1.165, 1.54) is 141 Å². The van der Waals surface area contributed by atoms with Crippen LogP contribution in [-0.2, 0) is 65.4 Å². The first-order valence-corrected chi connectivity index (χ1v) is 37.6. The molecule has 0 aliphatic carbocycles. The van der Waals surface area contributed by atoms with Gasteiger partial charge in [0.15, 0.2) is 12.2 Å². The summed E-state index contributed by atoms with van der Waals surface area (Å²) in [4.78, 5) is 72.1. The Labute approximate surface area is 517 Å². The van der Waals surface area contributed by atoms with Crippen molar-refractivity contribution < 1.29 is 80.2 Å². The van der Waals surface area contributed by atoms with E-state index in [4.69, 9.17) is 37.0 Å². The molecule has 0 bridgehead atoms. The van der Waals surface area contributed by atoms with Gasteiger partial charge in [0.1, 0.15) is 19.3 Å². The second-order valence-corrected chi connectivity index (χ2v) is 27.2. The Balaban J connectivity index is 5.10. The summed E-state index contributed by atoms with van der Waals surface area (Å²) >= 11 is 0. The minimum absolute atomic E-state index is 0.105. The third-order valence-electron chi connectivity index (χ3n) is 15.3. The van der Waals surface area contributed by atoms with Crippen molar-refractivity contribution in [3.63, 3.8) is 0 Å². The van der Waals surface area contributed by atoms with Crippen molar-refractivity contribution in [2.45, 2.75) is 355 Å². The summed E-state index contributed by atoms with van der Waals surface area (Å²) in [7, 11) is -9.88. The molecular weight excluding hydrogens is 1130 g/mol. The number of carbonyl (C=O) groups excluding carboxylic acids is 4. The highest BCUT2D eigenvalue weighted by molar-refractivity contribution is 7.47. The number of phosphoric acid groups is 2. The minimum Gasteiger partial charge on any atom is -0.462 e. The molecule has 0 aliphatic rings. The monoisotopic (exact) mass is 1250 g/mol. The van der Waals surface area contributed by atoms with Crippen molar-refractivity contribution in [2.24, 2.45) is 5.92 Å². The molecule has 17 nitrogen and oxygen atoms in total. The molecule has 5 atom stereocenters. The molecule has 0 heterocycles. The van der Waals surface area contributed by atoms with Crippen molar-refractivity contribution in [1.82, 2.24) is 0 Å². The summed E-state index contributed by atoms with van der Waals surface area (Å²) in [5.41, 5.74) is 0. The number of hydrogen-bond acceptors (Lipinski definition) is 15. The molecule has 3 N–H and O–H groups in total. The number of phosphoric ester groups is 2. The smallest absolute Gasteiger partial charge is 0.462 e. The van der Waals surface area contributed by atoms with E-state index in [-0.39, 0.29) is 25.7 Å². The van der Waals surface area contributed by atoms with Gasteiger partial charge >= 0.3 is 39.5 Å². The molecule has 85 heavy (non-hydrogen) atoms. The first-order chi connectivity index (χ1) is 41.0. The third kappa shape index (κ3) is 60.7. The van der Waals surface area contributed by atoms with Crippen molar-refractivity contribution in [3.05, 3.63) is 0 Å². The van der Waals surface area contributed by atoms with Gasteiger partial charge in [-0.25, -0.2) is 9.13 Å². The van der Waals surface area contributed by atoms with Gasteiger partial charge in [-0.3, -0.25) is 37.3 Å². The highest BCUT2D eigenvalue weighted by Crippen LogP contribution is 2.45. The van der Waals surface area contributed by atoms with Crippen molar-refractivity contribution in [3.8, 4) is 0 Å². The quantitative estimate of drug-likeness (QED) is 0.0222. The highest BCUT2D eigenvalue weighted by atomic mass is 31.2. The zero-order valence-corrected chi connectivity index (χ0v) is 56.5. The molecule has 0 aromatic carbocycles. The fourth-order valence-corrected chi connectivity index (χ4v) is 11.5. The molecule has 0 aromatic rings. The first kappa shape index (κ1) is 83.1.